The van der Waals surface area contributed by atoms with Gasteiger partial charge in [-0.1, -0.05) is 35.9 Å². The normalized spacial score (nSPS) is 13.7. The van der Waals surface area contributed by atoms with Crippen molar-refractivity contribution in [2.24, 2.45) is 0 Å². The molecule has 0 aliphatic heterocycles. The lowest BCUT2D eigenvalue weighted by molar-refractivity contribution is -0.121. The van der Waals surface area contributed by atoms with E-state index in [0.29, 0.717) is 41.1 Å². The summed E-state index contributed by atoms with van der Waals surface area (Å²) in [4.78, 5) is 29.7. The van der Waals surface area contributed by atoms with Gasteiger partial charge in [-0.3, -0.25) is 14.2 Å². The molecular weight excluding hydrogens is 362 g/mol. The Morgan fingerprint density at radius 3 is 2.63 bits per heavy atom. The summed E-state index contributed by atoms with van der Waals surface area (Å²) in [7, 11) is 0. The Morgan fingerprint density at radius 1 is 1.15 bits per heavy atom. The highest BCUT2D eigenvalue weighted by Gasteiger charge is 2.28. The fraction of sp³-hybridized carbons (Fsp3) is 0.286. The van der Waals surface area contributed by atoms with Crippen molar-refractivity contribution in [1.82, 2.24) is 14.9 Å². The van der Waals surface area contributed by atoms with Crippen LogP contribution in [0.2, 0.25) is 5.02 Å². The van der Waals surface area contributed by atoms with Crippen LogP contribution in [0.3, 0.4) is 0 Å². The van der Waals surface area contributed by atoms with Gasteiger partial charge in [-0.2, -0.15) is 0 Å². The number of benzene rings is 2. The third-order valence-corrected chi connectivity index (χ3v) is 5.02. The molecule has 1 saturated carbocycles. The van der Waals surface area contributed by atoms with Crippen molar-refractivity contribution in [3.05, 3.63) is 75.3 Å². The van der Waals surface area contributed by atoms with E-state index in [1.165, 1.54) is 0 Å². The van der Waals surface area contributed by atoms with Crippen molar-refractivity contribution in [2.75, 3.05) is 0 Å². The van der Waals surface area contributed by atoms with Crippen molar-refractivity contribution in [3.8, 4) is 0 Å². The second-order valence-corrected chi connectivity index (χ2v) is 7.29. The SMILES string of the molecule is O=C(CCc1nc2ccccc2c(=O)n1C1CC1)NCc1ccc(Cl)cc1. The average Bonchev–Trinajstić information content (AvgIpc) is 3.51. The molecule has 0 unspecified atom stereocenters. The van der Waals surface area contributed by atoms with Crippen LogP contribution in [-0.4, -0.2) is 15.5 Å². The van der Waals surface area contributed by atoms with Crippen LogP contribution < -0.4 is 10.9 Å². The number of rotatable bonds is 6. The number of aryl methyl sites for hydroxylation is 1. The first kappa shape index (κ1) is 17.7. The van der Waals surface area contributed by atoms with Gasteiger partial charge in [0.25, 0.3) is 5.56 Å². The number of carbonyl (C=O) groups is 1. The molecule has 2 aromatic carbocycles. The third kappa shape index (κ3) is 4.03. The van der Waals surface area contributed by atoms with Crippen molar-refractivity contribution in [3.63, 3.8) is 0 Å². The molecule has 0 saturated heterocycles. The van der Waals surface area contributed by atoms with Gasteiger partial charge in [0, 0.05) is 30.5 Å². The zero-order valence-electron chi connectivity index (χ0n) is 14.8. The van der Waals surface area contributed by atoms with Crippen LogP contribution in [0.5, 0.6) is 0 Å². The second-order valence-electron chi connectivity index (χ2n) is 6.85. The number of nitrogens with one attached hydrogen (secondary N) is 1. The number of hydrogen-bond acceptors (Lipinski definition) is 3. The third-order valence-electron chi connectivity index (χ3n) is 4.77. The average molecular weight is 382 g/mol. The molecule has 1 aromatic heterocycles. The first-order valence-corrected chi connectivity index (χ1v) is 9.51. The molecule has 0 spiro atoms. The fourth-order valence-corrected chi connectivity index (χ4v) is 3.32. The highest BCUT2D eigenvalue weighted by atomic mass is 35.5. The van der Waals surface area contributed by atoms with E-state index >= 15 is 0 Å². The summed E-state index contributed by atoms with van der Waals surface area (Å²) >= 11 is 5.87. The molecule has 3 aromatic rings. The van der Waals surface area contributed by atoms with Crippen LogP contribution in [0.1, 0.15) is 36.7 Å². The lowest BCUT2D eigenvalue weighted by Gasteiger charge is -2.13. The van der Waals surface area contributed by atoms with Gasteiger partial charge in [0.05, 0.1) is 10.9 Å². The molecule has 0 atom stereocenters. The summed E-state index contributed by atoms with van der Waals surface area (Å²) < 4.78 is 1.79. The highest BCUT2D eigenvalue weighted by molar-refractivity contribution is 6.30. The molecule has 1 aliphatic rings. The summed E-state index contributed by atoms with van der Waals surface area (Å²) in [6.07, 6.45) is 2.74. The van der Waals surface area contributed by atoms with Gasteiger partial charge in [-0.05, 0) is 42.7 Å². The molecule has 1 fully saturated rings. The molecule has 0 bridgehead atoms. The maximum Gasteiger partial charge on any atom is 0.261 e. The van der Waals surface area contributed by atoms with Gasteiger partial charge in [-0.25, -0.2) is 4.98 Å². The molecule has 1 amide bonds. The van der Waals surface area contributed by atoms with Gasteiger partial charge in [-0.15, -0.1) is 0 Å². The van der Waals surface area contributed by atoms with Gasteiger partial charge >= 0.3 is 0 Å². The summed E-state index contributed by atoms with van der Waals surface area (Å²) in [5.41, 5.74) is 1.68. The van der Waals surface area contributed by atoms with Crippen LogP contribution >= 0.6 is 11.6 Å². The number of aromatic nitrogens is 2. The number of amides is 1. The summed E-state index contributed by atoms with van der Waals surface area (Å²) in [6.45, 7) is 0.455. The van der Waals surface area contributed by atoms with E-state index < -0.39 is 0 Å². The van der Waals surface area contributed by atoms with E-state index in [1.807, 2.05) is 36.4 Å². The van der Waals surface area contributed by atoms with Gasteiger partial charge in [0.2, 0.25) is 5.91 Å². The van der Waals surface area contributed by atoms with Gasteiger partial charge in [0.15, 0.2) is 0 Å². The zero-order valence-corrected chi connectivity index (χ0v) is 15.6. The smallest absolute Gasteiger partial charge is 0.261 e. The van der Waals surface area contributed by atoms with Crippen molar-refractivity contribution >= 4 is 28.4 Å². The maximum absolute atomic E-state index is 12.8. The Balaban J connectivity index is 1.46. The van der Waals surface area contributed by atoms with Crippen LogP contribution in [0.25, 0.3) is 10.9 Å². The molecular formula is C21H20ClN3O2. The lowest BCUT2D eigenvalue weighted by Crippen LogP contribution is -2.27. The minimum atomic E-state index is -0.0605. The van der Waals surface area contributed by atoms with E-state index in [2.05, 4.69) is 10.3 Å². The molecule has 4 rings (SSSR count). The number of carbonyl (C=O) groups excluding carboxylic acids is 1. The lowest BCUT2D eigenvalue weighted by atomic mass is 10.2. The molecule has 5 nitrogen and oxygen atoms in total. The van der Waals surface area contributed by atoms with Crippen LogP contribution in [0.4, 0.5) is 0 Å². The zero-order chi connectivity index (χ0) is 18.8. The largest absolute Gasteiger partial charge is 0.352 e. The summed E-state index contributed by atoms with van der Waals surface area (Å²) in [5.74, 6) is 0.637. The molecule has 0 radical (unpaired) electrons. The predicted molar refractivity (Wildman–Crippen MR) is 106 cm³/mol. The highest BCUT2D eigenvalue weighted by Crippen LogP contribution is 2.34. The Bertz CT molecular complexity index is 1040. The first-order chi connectivity index (χ1) is 13.1. The van der Waals surface area contributed by atoms with Crippen LogP contribution in [0, 0.1) is 0 Å². The number of nitrogens with zero attached hydrogens (tertiary/aromatic N) is 2. The van der Waals surface area contributed by atoms with Crippen molar-refractivity contribution in [2.45, 2.75) is 38.3 Å². The first-order valence-electron chi connectivity index (χ1n) is 9.13. The Morgan fingerprint density at radius 2 is 1.89 bits per heavy atom. The second kappa shape index (κ2) is 7.53. The number of para-hydroxylation sites is 1. The topological polar surface area (TPSA) is 64.0 Å². The Labute approximate surface area is 162 Å². The molecule has 1 aliphatic carbocycles. The standard InChI is InChI=1S/C21H20ClN3O2/c22-15-7-5-14(6-8-15)13-23-20(26)12-11-19-24-18-4-2-1-3-17(18)21(27)25(19)16-9-10-16/h1-8,16H,9-13H2,(H,23,26). The van der Waals surface area contributed by atoms with Crippen LogP contribution in [0.15, 0.2) is 53.3 Å². The monoisotopic (exact) mass is 381 g/mol. The molecule has 1 N–H and O–H groups in total. The van der Waals surface area contributed by atoms with E-state index in [0.717, 1.165) is 18.4 Å². The molecule has 27 heavy (non-hydrogen) atoms. The van der Waals surface area contributed by atoms with Gasteiger partial charge in [0.1, 0.15) is 5.82 Å². The maximum atomic E-state index is 12.8. The van der Waals surface area contributed by atoms with E-state index in [-0.39, 0.29) is 17.5 Å². The van der Waals surface area contributed by atoms with E-state index in [9.17, 15) is 9.59 Å². The van der Waals surface area contributed by atoms with Crippen molar-refractivity contribution in [1.29, 1.82) is 0 Å². The minimum absolute atomic E-state index is 0.000303. The molecule has 1 heterocycles. The number of hydrogen-bond donors (Lipinski definition) is 1. The Kier molecular flexibility index (Phi) is 4.94. The van der Waals surface area contributed by atoms with E-state index in [1.54, 1.807) is 16.7 Å². The quantitative estimate of drug-likeness (QED) is 0.709. The van der Waals surface area contributed by atoms with Crippen molar-refractivity contribution < 1.29 is 4.79 Å². The molecule has 6 heteroatoms. The van der Waals surface area contributed by atoms with Crippen LogP contribution in [-0.2, 0) is 17.8 Å². The van der Waals surface area contributed by atoms with Gasteiger partial charge < -0.3 is 5.32 Å². The predicted octanol–water partition coefficient (Wildman–Crippen LogP) is 3.63. The fourth-order valence-electron chi connectivity index (χ4n) is 3.19. The Hall–Kier alpha value is -2.66. The number of halogens is 1. The number of fused-ring (bicyclic) bond motifs is 1. The summed E-state index contributed by atoms with van der Waals surface area (Å²) in [5, 5.41) is 4.22. The molecule has 138 valence electrons. The van der Waals surface area contributed by atoms with E-state index in [4.69, 9.17) is 11.6 Å². The summed E-state index contributed by atoms with van der Waals surface area (Å²) in [6, 6.07) is 15.0. The minimum Gasteiger partial charge on any atom is -0.352 e.